The van der Waals surface area contributed by atoms with Crippen LogP contribution in [0, 0.1) is 17.8 Å². The lowest BCUT2D eigenvalue weighted by Gasteiger charge is -2.41. The van der Waals surface area contributed by atoms with E-state index in [4.69, 9.17) is 23.2 Å². The summed E-state index contributed by atoms with van der Waals surface area (Å²) >= 11 is 12.4. The summed E-state index contributed by atoms with van der Waals surface area (Å²) in [6.07, 6.45) is 3.71. The highest BCUT2D eigenvalue weighted by Crippen LogP contribution is 2.50. The zero-order valence-electron chi connectivity index (χ0n) is 16.6. The van der Waals surface area contributed by atoms with E-state index in [0.717, 1.165) is 29.7 Å². The minimum absolute atomic E-state index is 0.174. The maximum Gasteiger partial charge on any atom is 0.323 e. The third-order valence-corrected chi connectivity index (χ3v) is 6.21. The van der Waals surface area contributed by atoms with Crippen molar-refractivity contribution in [1.29, 1.82) is 0 Å². The summed E-state index contributed by atoms with van der Waals surface area (Å²) in [5, 5.41) is 4.51. The molecule has 31 heavy (non-hydrogen) atoms. The first-order valence-electron chi connectivity index (χ1n) is 10.1. The summed E-state index contributed by atoms with van der Waals surface area (Å²) in [7, 11) is 0. The molecule has 0 saturated heterocycles. The average Bonchev–Trinajstić information content (AvgIpc) is 3.63. The van der Waals surface area contributed by atoms with Crippen LogP contribution in [0.1, 0.15) is 29.7 Å². The van der Waals surface area contributed by atoms with E-state index >= 15 is 0 Å². The second kappa shape index (κ2) is 7.92. The highest BCUT2D eigenvalue weighted by molar-refractivity contribution is 6.31. The van der Waals surface area contributed by atoms with Crippen molar-refractivity contribution in [2.24, 2.45) is 5.92 Å². The number of halogens is 2. The Morgan fingerprint density at radius 2 is 1.84 bits per heavy atom. The van der Waals surface area contributed by atoms with Crippen molar-refractivity contribution in [1.82, 2.24) is 10.3 Å². The van der Waals surface area contributed by atoms with Gasteiger partial charge in [-0.25, -0.2) is 9.78 Å². The van der Waals surface area contributed by atoms with Gasteiger partial charge < -0.3 is 5.32 Å². The van der Waals surface area contributed by atoms with Gasteiger partial charge in [0.15, 0.2) is 0 Å². The summed E-state index contributed by atoms with van der Waals surface area (Å²) in [4.78, 5) is 19.4. The van der Waals surface area contributed by atoms with Crippen molar-refractivity contribution in [3.05, 3.63) is 93.7 Å². The quantitative estimate of drug-likeness (QED) is 0.517. The fourth-order valence-corrected chi connectivity index (χ4v) is 4.34. The first-order chi connectivity index (χ1) is 15.0. The van der Waals surface area contributed by atoms with Crippen molar-refractivity contribution in [2.75, 3.05) is 4.90 Å². The number of carbonyl (C=O) groups excluding carboxylic acids is 1. The highest BCUT2D eigenvalue weighted by Gasteiger charge is 2.51. The lowest BCUT2D eigenvalue weighted by atomic mass is 9.82. The van der Waals surface area contributed by atoms with Gasteiger partial charge in [0.1, 0.15) is 11.2 Å². The number of amides is 2. The van der Waals surface area contributed by atoms with Crippen molar-refractivity contribution in [3.8, 4) is 11.8 Å². The van der Waals surface area contributed by atoms with E-state index in [-0.39, 0.29) is 11.9 Å². The van der Waals surface area contributed by atoms with Gasteiger partial charge in [0.25, 0.3) is 0 Å². The number of nitrogens with zero attached hydrogens (tertiary/aromatic N) is 2. The average molecular weight is 448 g/mol. The predicted molar refractivity (Wildman–Crippen MR) is 123 cm³/mol. The van der Waals surface area contributed by atoms with E-state index in [2.05, 4.69) is 22.1 Å². The third kappa shape index (κ3) is 3.87. The van der Waals surface area contributed by atoms with Gasteiger partial charge in [-0.05, 0) is 72.7 Å². The minimum atomic E-state index is -0.786. The molecule has 5 rings (SSSR count). The summed E-state index contributed by atoms with van der Waals surface area (Å²) in [5.74, 6) is 6.79. The smallest absolute Gasteiger partial charge is 0.317 e. The topological polar surface area (TPSA) is 45.2 Å². The first-order valence-corrected chi connectivity index (χ1v) is 10.9. The second-order valence-corrected chi connectivity index (χ2v) is 8.72. The predicted octanol–water partition coefficient (Wildman–Crippen LogP) is 5.78. The molecule has 1 aliphatic heterocycles. The number of aromatic nitrogens is 1. The molecule has 1 aromatic heterocycles. The van der Waals surface area contributed by atoms with Crippen LogP contribution in [-0.2, 0) is 12.1 Å². The zero-order valence-corrected chi connectivity index (χ0v) is 18.1. The van der Waals surface area contributed by atoms with Gasteiger partial charge in [-0.3, -0.25) is 4.90 Å². The Morgan fingerprint density at radius 1 is 1.06 bits per heavy atom. The third-order valence-electron chi connectivity index (χ3n) is 5.72. The number of hydrogen-bond donors (Lipinski definition) is 1. The van der Waals surface area contributed by atoms with Gasteiger partial charge >= 0.3 is 6.03 Å². The molecular weight excluding hydrogens is 429 g/mol. The van der Waals surface area contributed by atoms with Crippen LogP contribution in [0.3, 0.4) is 0 Å². The number of urea groups is 1. The Hall–Kier alpha value is -3.00. The normalized spacial score (nSPS) is 19.8. The van der Waals surface area contributed by atoms with Gasteiger partial charge in [0.2, 0.25) is 0 Å². The number of rotatable bonds is 3. The van der Waals surface area contributed by atoms with E-state index in [1.165, 1.54) is 0 Å². The molecule has 154 valence electrons. The monoisotopic (exact) mass is 447 g/mol. The van der Waals surface area contributed by atoms with Crippen LogP contribution in [0.25, 0.3) is 0 Å². The number of benzene rings is 2. The second-order valence-electron chi connectivity index (χ2n) is 7.85. The molecule has 2 amide bonds. The molecule has 1 aliphatic carbocycles. The van der Waals surface area contributed by atoms with Crippen LogP contribution in [0.15, 0.2) is 66.9 Å². The molecular formula is C25H19Cl2N3O. The van der Waals surface area contributed by atoms with Crippen molar-refractivity contribution in [2.45, 2.75) is 24.9 Å². The number of hydrogen-bond acceptors (Lipinski definition) is 2. The van der Waals surface area contributed by atoms with Gasteiger partial charge in [-0.2, -0.15) is 0 Å². The Morgan fingerprint density at radius 3 is 2.55 bits per heavy atom. The Bertz CT molecular complexity index is 1200. The lowest BCUT2D eigenvalue weighted by Crippen LogP contribution is -2.56. The summed E-state index contributed by atoms with van der Waals surface area (Å²) in [5.41, 5.74) is 2.62. The summed E-state index contributed by atoms with van der Waals surface area (Å²) < 4.78 is 0. The molecule has 4 nitrogen and oxygen atoms in total. The molecule has 1 fully saturated rings. The number of pyridine rings is 1. The van der Waals surface area contributed by atoms with E-state index in [9.17, 15) is 4.79 Å². The summed E-state index contributed by atoms with van der Waals surface area (Å²) in [6.45, 7) is 0.423. The SMILES string of the molecule is O=C1NC(C#Cc2ccccn2)(C2CC2)c2cc(Cl)ccc2N1Cc1ccc(Cl)cc1. The number of carbonyl (C=O) groups is 1. The fraction of sp³-hybridized carbons (Fsp3) is 0.200. The van der Waals surface area contributed by atoms with Crippen LogP contribution in [0.5, 0.6) is 0 Å². The lowest BCUT2D eigenvalue weighted by molar-refractivity contribution is 0.231. The summed E-state index contributed by atoms with van der Waals surface area (Å²) in [6, 6.07) is 18.6. The van der Waals surface area contributed by atoms with Crippen LogP contribution in [0.4, 0.5) is 10.5 Å². The Kier molecular flexibility index (Phi) is 5.09. The van der Waals surface area contributed by atoms with Crippen LogP contribution in [-0.4, -0.2) is 11.0 Å². The van der Waals surface area contributed by atoms with Gasteiger partial charge in [-0.15, -0.1) is 0 Å². The van der Waals surface area contributed by atoms with E-state index < -0.39 is 5.54 Å². The molecule has 3 aromatic rings. The zero-order chi connectivity index (χ0) is 21.4. The largest absolute Gasteiger partial charge is 0.323 e. The van der Waals surface area contributed by atoms with Gasteiger partial charge in [0.05, 0.1) is 12.2 Å². The highest BCUT2D eigenvalue weighted by atomic mass is 35.5. The molecule has 1 unspecified atom stereocenters. The molecule has 1 atom stereocenters. The van der Waals surface area contributed by atoms with E-state index in [1.54, 1.807) is 11.1 Å². The molecule has 2 aromatic carbocycles. The van der Waals surface area contributed by atoms with Crippen LogP contribution in [0.2, 0.25) is 10.0 Å². The first kappa shape index (κ1) is 19.9. The Labute approximate surface area is 191 Å². The molecule has 2 heterocycles. The molecule has 2 aliphatic rings. The standard InChI is InChI=1S/C25H19Cl2N3O/c26-19-8-4-17(5-9-19)16-30-23-11-10-20(27)15-22(23)25(18-6-7-18,29-24(30)31)13-12-21-3-1-2-14-28-21/h1-5,8-11,14-15,18H,6-7,16H2,(H,29,31). The van der Waals surface area contributed by atoms with Gasteiger partial charge in [-0.1, -0.05) is 47.3 Å². The minimum Gasteiger partial charge on any atom is -0.317 e. The van der Waals surface area contributed by atoms with Crippen LogP contribution >= 0.6 is 23.2 Å². The Balaban J connectivity index is 1.60. The molecule has 0 radical (unpaired) electrons. The number of fused-ring (bicyclic) bond motifs is 1. The van der Waals surface area contributed by atoms with E-state index in [1.807, 2.05) is 60.7 Å². The molecule has 6 heteroatoms. The van der Waals surface area contributed by atoms with Crippen LogP contribution < -0.4 is 10.2 Å². The molecule has 0 bridgehead atoms. The maximum atomic E-state index is 13.3. The van der Waals surface area contributed by atoms with Crippen molar-refractivity contribution in [3.63, 3.8) is 0 Å². The van der Waals surface area contributed by atoms with Crippen molar-refractivity contribution >= 4 is 34.9 Å². The van der Waals surface area contributed by atoms with Crippen molar-refractivity contribution < 1.29 is 4.79 Å². The maximum absolute atomic E-state index is 13.3. The molecule has 1 N–H and O–H groups in total. The number of anilines is 1. The molecule has 1 saturated carbocycles. The van der Waals surface area contributed by atoms with E-state index in [0.29, 0.717) is 22.3 Å². The van der Waals surface area contributed by atoms with Gasteiger partial charge in [0, 0.05) is 21.8 Å². The molecule has 0 spiro atoms. The number of nitrogens with one attached hydrogen (secondary N) is 1. The fourth-order valence-electron chi connectivity index (χ4n) is 4.04.